The molecule has 0 aliphatic heterocycles. The molecule has 0 aromatic heterocycles. The zero-order chi connectivity index (χ0) is 12.4. The molecule has 3 rings (SSSR count). The zero-order valence-electron chi connectivity index (χ0n) is 15.4. The monoisotopic (exact) mass is 707 g/mol. The molecule has 0 fully saturated rings. The van der Waals surface area contributed by atoms with Gasteiger partial charge in [0.25, 0.3) is 0 Å². The summed E-state index contributed by atoms with van der Waals surface area (Å²) in [6, 6.07) is 21.3. The molecule has 2 aromatic carbocycles. The van der Waals surface area contributed by atoms with E-state index in [2.05, 4.69) is 73.7 Å². The van der Waals surface area contributed by atoms with Gasteiger partial charge in [0.05, 0.1) is 0 Å². The van der Waals surface area contributed by atoms with Crippen molar-refractivity contribution in [3.63, 3.8) is 0 Å². The van der Waals surface area contributed by atoms with Crippen molar-refractivity contribution in [2.24, 2.45) is 0 Å². The number of allylic oxidation sites excluding steroid dienone is 4. The summed E-state index contributed by atoms with van der Waals surface area (Å²) in [7, 11) is 0. The van der Waals surface area contributed by atoms with E-state index in [9.17, 15) is 0 Å². The first kappa shape index (κ1) is 39.0. The van der Waals surface area contributed by atoms with Crippen molar-refractivity contribution in [3.05, 3.63) is 98.3 Å². The van der Waals surface area contributed by atoms with Crippen molar-refractivity contribution >= 4 is 11.1 Å². The van der Waals surface area contributed by atoms with Gasteiger partial charge in [-0.2, -0.15) is 0 Å². The SMILES string of the molecule is CC1=C(c2ccccc2)CC(c2ccccc2)=C1.[CH3-].[CH3-].[Y].[Y].[Y].[Y].[Y]. The van der Waals surface area contributed by atoms with E-state index >= 15 is 0 Å². The van der Waals surface area contributed by atoms with Crippen molar-refractivity contribution in [2.75, 3.05) is 0 Å². The standard InChI is InChI=1S/C18H16.2CH3.5Y/c1-14-12-17(15-8-4-2-5-9-15)13-18(14)16-10-6-3-7-11-16;;;;;;;/h2-12H,13H2,1H3;2*1H3;;;;;/q;2*-1;;;;;. The second kappa shape index (κ2) is 20.7. The van der Waals surface area contributed by atoms with Gasteiger partial charge in [0, 0.05) is 164 Å². The van der Waals surface area contributed by atoms with Crippen molar-refractivity contribution < 1.29 is 164 Å². The second-order valence-corrected chi connectivity index (χ2v) is 4.74. The van der Waals surface area contributed by atoms with Crippen LogP contribution in [0.15, 0.2) is 72.3 Å². The quantitative estimate of drug-likeness (QED) is 0.345. The summed E-state index contributed by atoms with van der Waals surface area (Å²) in [4.78, 5) is 0. The number of hydrogen-bond donors (Lipinski definition) is 0. The van der Waals surface area contributed by atoms with E-state index in [1.54, 1.807) is 0 Å². The van der Waals surface area contributed by atoms with E-state index in [0.717, 1.165) is 6.42 Å². The third kappa shape index (κ3) is 11.4. The van der Waals surface area contributed by atoms with Gasteiger partial charge in [0.2, 0.25) is 0 Å². The average molecular weight is 707 g/mol. The summed E-state index contributed by atoms with van der Waals surface area (Å²) >= 11 is 0. The Balaban J connectivity index is -0.000000190. The Morgan fingerprint density at radius 1 is 0.600 bits per heavy atom. The molecule has 0 spiro atoms. The fourth-order valence-corrected chi connectivity index (χ4v) is 2.54. The first-order valence-electron chi connectivity index (χ1n) is 6.36. The van der Waals surface area contributed by atoms with Crippen LogP contribution >= 0.6 is 0 Å². The summed E-state index contributed by atoms with van der Waals surface area (Å²) in [5.74, 6) is 0. The molecule has 0 unspecified atom stereocenters. The molecule has 1 aliphatic rings. The van der Waals surface area contributed by atoms with E-state index in [1.807, 2.05) is 0 Å². The summed E-state index contributed by atoms with van der Waals surface area (Å²) in [5, 5.41) is 0. The van der Waals surface area contributed by atoms with Crippen LogP contribution in [0.25, 0.3) is 11.1 Å². The van der Waals surface area contributed by atoms with Crippen LogP contribution in [0.1, 0.15) is 24.5 Å². The summed E-state index contributed by atoms with van der Waals surface area (Å²) in [6.45, 7) is 2.21. The van der Waals surface area contributed by atoms with Gasteiger partial charge in [-0.3, -0.25) is 0 Å². The van der Waals surface area contributed by atoms with Crippen molar-refractivity contribution in [1.29, 1.82) is 0 Å². The van der Waals surface area contributed by atoms with E-state index in [1.165, 1.54) is 27.8 Å². The summed E-state index contributed by atoms with van der Waals surface area (Å²) < 4.78 is 0. The molecule has 1 aliphatic carbocycles. The maximum absolute atomic E-state index is 2.32. The summed E-state index contributed by atoms with van der Waals surface area (Å²) in [5.41, 5.74) is 6.95. The van der Waals surface area contributed by atoms with Crippen LogP contribution in [-0.4, -0.2) is 0 Å². The molecule has 0 saturated carbocycles. The molecular formula is C20H22Y5-2. The minimum Gasteiger partial charge on any atom is -0.358 e. The molecule has 5 heteroatoms. The van der Waals surface area contributed by atoms with Gasteiger partial charge in [0.15, 0.2) is 0 Å². The summed E-state index contributed by atoms with van der Waals surface area (Å²) in [6.07, 6.45) is 3.36. The first-order valence-corrected chi connectivity index (χ1v) is 6.36. The van der Waals surface area contributed by atoms with E-state index < -0.39 is 0 Å². The topological polar surface area (TPSA) is 0 Å². The molecule has 2 aromatic rings. The van der Waals surface area contributed by atoms with E-state index in [0.29, 0.717) is 0 Å². The molecule has 0 nitrogen and oxygen atoms in total. The molecule has 0 heterocycles. The van der Waals surface area contributed by atoms with Crippen LogP contribution in [-0.2, 0) is 164 Å². The van der Waals surface area contributed by atoms with Gasteiger partial charge in [-0.15, -0.1) is 0 Å². The van der Waals surface area contributed by atoms with Crippen molar-refractivity contribution in [2.45, 2.75) is 13.3 Å². The second-order valence-electron chi connectivity index (χ2n) is 4.74. The van der Waals surface area contributed by atoms with Crippen LogP contribution in [0.5, 0.6) is 0 Å². The van der Waals surface area contributed by atoms with Crippen LogP contribution in [0, 0.1) is 14.9 Å². The van der Waals surface area contributed by atoms with E-state index in [4.69, 9.17) is 0 Å². The van der Waals surface area contributed by atoms with Gasteiger partial charge in [-0.1, -0.05) is 66.7 Å². The molecule has 0 saturated heterocycles. The maximum Gasteiger partial charge on any atom is 0 e. The Bertz CT molecular complexity index is 619. The fourth-order valence-electron chi connectivity index (χ4n) is 2.54. The predicted octanol–water partition coefficient (Wildman–Crippen LogP) is 5.84. The fraction of sp³-hybridized carbons (Fsp3) is 0.100. The number of benzene rings is 2. The Morgan fingerprint density at radius 2 is 1.00 bits per heavy atom. The average Bonchev–Trinajstić information content (AvgIpc) is 2.83. The molecule has 0 amide bonds. The predicted molar refractivity (Wildman–Crippen MR) is 90.9 cm³/mol. The van der Waals surface area contributed by atoms with Crippen molar-refractivity contribution in [3.8, 4) is 0 Å². The zero-order valence-corrected chi connectivity index (χ0v) is 29.6. The first-order chi connectivity index (χ1) is 8.84. The van der Waals surface area contributed by atoms with Gasteiger partial charge >= 0.3 is 0 Å². The van der Waals surface area contributed by atoms with Gasteiger partial charge in [-0.25, -0.2) is 0 Å². The molecule has 0 N–H and O–H groups in total. The smallest absolute Gasteiger partial charge is 0 e. The van der Waals surface area contributed by atoms with Crippen LogP contribution in [0.3, 0.4) is 0 Å². The van der Waals surface area contributed by atoms with Crippen LogP contribution in [0.4, 0.5) is 0 Å². The molecular weight excluding hydrogens is 685 g/mol. The van der Waals surface area contributed by atoms with Crippen molar-refractivity contribution in [1.82, 2.24) is 0 Å². The van der Waals surface area contributed by atoms with Crippen LogP contribution < -0.4 is 0 Å². The normalized spacial score (nSPS) is 10.7. The minimum absolute atomic E-state index is 0. The third-order valence-electron chi connectivity index (χ3n) is 3.50. The Hall–Kier alpha value is 3.44. The Labute approximate surface area is 280 Å². The molecule has 0 atom stereocenters. The number of hydrogen-bond acceptors (Lipinski definition) is 0. The molecule has 119 valence electrons. The van der Waals surface area contributed by atoms with Gasteiger partial charge in [0.1, 0.15) is 0 Å². The van der Waals surface area contributed by atoms with Gasteiger partial charge < -0.3 is 14.9 Å². The van der Waals surface area contributed by atoms with Gasteiger partial charge in [-0.05, 0) is 41.2 Å². The molecule has 25 heavy (non-hydrogen) atoms. The largest absolute Gasteiger partial charge is 0.358 e. The van der Waals surface area contributed by atoms with Crippen LogP contribution in [0.2, 0.25) is 0 Å². The third-order valence-corrected chi connectivity index (χ3v) is 3.50. The molecule has 0 bridgehead atoms. The molecule has 5 radical (unpaired) electrons. The Morgan fingerprint density at radius 3 is 1.44 bits per heavy atom. The minimum atomic E-state index is 0. The Kier molecular flexibility index (Phi) is 32.3. The maximum atomic E-state index is 2.32. The number of rotatable bonds is 2. The van der Waals surface area contributed by atoms with E-state index in [-0.39, 0.29) is 178 Å².